The first kappa shape index (κ1) is 10.7. The van der Waals surface area contributed by atoms with Gasteiger partial charge < -0.3 is 4.90 Å². The molecule has 0 unspecified atom stereocenters. The zero-order valence-electron chi connectivity index (χ0n) is 8.30. The van der Waals surface area contributed by atoms with E-state index in [9.17, 15) is 0 Å². The van der Waals surface area contributed by atoms with Crippen LogP contribution in [0.15, 0.2) is 12.2 Å². The minimum absolute atomic E-state index is 0.750. The average Bonchev–Trinajstić information content (AvgIpc) is 1.87. The van der Waals surface area contributed by atoms with Crippen LogP contribution in [-0.4, -0.2) is 25.5 Å². The number of allylic oxidation sites excluding steroid dienone is 2. The van der Waals surface area contributed by atoms with Gasteiger partial charge in [0.25, 0.3) is 0 Å². The van der Waals surface area contributed by atoms with Gasteiger partial charge in [0.05, 0.1) is 0 Å². The Balaban J connectivity index is 3.24. The van der Waals surface area contributed by atoms with Crippen molar-refractivity contribution >= 4 is 0 Å². The highest BCUT2D eigenvalue weighted by Gasteiger charge is 1.96. The molecule has 0 aromatic carbocycles. The highest BCUT2D eigenvalue weighted by atomic mass is 15.0. The van der Waals surface area contributed by atoms with E-state index in [4.69, 9.17) is 0 Å². The summed E-state index contributed by atoms with van der Waals surface area (Å²) < 4.78 is 0. The lowest BCUT2D eigenvalue weighted by Crippen LogP contribution is -2.13. The third-order valence-corrected chi connectivity index (χ3v) is 1.79. The molecule has 0 saturated carbocycles. The van der Waals surface area contributed by atoms with E-state index in [0.717, 1.165) is 5.92 Å². The molecule has 0 aromatic rings. The first-order valence-electron chi connectivity index (χ1n) is 4.44. The van der Waals surface area contributed by atoms with E-state index in [-0.39, 0.29) is 0 Å². The molecular weight excluding hydrogens is 134 g/mol. The SMILES string of the molecule is C/C=C/[C@@H](C)CCCN(C)C. The zero-order valence-corrected chi connectivity index (χ0v) is 8.30. The maximum absolute atomic E-state index is 2.27. The van der Waals surface area contributed by atoms with E-state index in [1.54, 1.807) is 0 Å². The summed E-state index contributed by atoms with van der Waals surface area (Å²) in [4.78, 5) is 2.24. The van der Waals surface area contributed by atoms with Crippen LogP contribution in [0, 0.1) is 5.92 Å². The second kappa shape index (κ2) is 6.41. The van der Waals surface area contributed by atoms with Crippen LogP contribution < -0.4 is 0 Å². The smallest absolute Gasteiger partial charge is 0.00246 e. The van der Waals surface area contributed by atoms with Crippen molar-refractivity contribution in [1.82, 2.24) is 4.90 Å². The van der Waals surface area contributed by atoms with Crippen molar-refractivity contribution in [3.8, 4) is 0 Å². The fraction of sp³-hybridized carbons (Fsp3) is 0.800. The van der Waals surface area contributed by atoms with E-state index >= 15 is 0 Å². The molecular formula is C10H21N. The minimum atomic E-state index is 0.750. The fourth-order valence-corrected chi connectivity index (χ4v) is 1.15. The molecule has 0 heterocycles. The number of rotatable bonds is 5. The van der Waals surface area contributed by atoms with Crippen molar-refractivity contribution in [2.75, 3.05) is 20.6 Å². The van der Waals surface area contributed by atoms with Crippen molar-refractivity contribution in [3.05, 3.63) is 12.2 Å². The summed E-state index contributed by atoms with van der Waals surface area (Å²) in [5, 5.41) is 0. The molecule has 0 aromatic heterocycles. The second-order valence-corrected chi connectivity index (χ2v) is 3.45. The third-order valence-electron chi connectivity index (χ3n) is 1.79. The summed E-state index contributed by atoms with van der Waals surface area (Å²) >= 11 is 0. The Morgan fingerprint density at radius 1 is 1.36 bits per heavy atom. The van der Waals surface area contributed by atoms with Gasteiger partial charge in [-0.15, -0.1) is 0 Å². The van der Waals surface area contributed by atoms with Crippen LogP contribution in [0.3, 0.4) is 0 Å². The summed E-state index contributed by atoms with van der Waals surface area (Å²) in [6, 6.07) is 0. The summed E-state index contributed by atoms with van der Waals surface area (Å²) in [5.74, 6) is 0.750. The first-order valence-corrected chi connectivity index (χ1v) is 4.44. The zero-order chi connectivity index (χ0) is 8.69. The van der Waals surface area contributed by atoms with Crippen LogP contribution in [0.25, 0.3) is 0 Å². The Labute approximate surface area is 71.1 Å². The Bertz CT molecular complexity index is 105. The average molecular weight is 155 g/mol. The van der Waals surface area contributed by atoms with E-state index in [2.05, 4.69) is 45.0 Å². The molecule has 0 aliphatic carbocycles. The molecule has 1 nitrogen and oxygen atoms in total. The lowest BCUT2D eigenvalue weighted by Gasteiger charge is -2.10. The molecule has 66 valence electrons. The van der Waals surface area contributed by atoms with Crippen LogP contribution in [0.2, 0.25) is 0 Å². The predicted molar refractivity (Wildman–Crippen MR) is 51.8 cm³/mol. The Hall–Kier alpha value is -0.300. The largest absolute Gasteiger partial charge is 0.309 e. The first-order chi connectivity index (χ1) is 5.16. The monoisotopic (exact) mass is 155 g/mol. The summed E-state index contributed by atoms with van der Waals surface area (Å²) in [6.07, 6.45) is 7.02. The molecule has 0 amide bonds. The fourth-order valence-electron chi connectivity index (χ4n) is 1.15. The van der Waals surface area contributed by atoms with E-state index < -0.39 is 0 Å². The highest BCUT2D eigenvalue weighted by molar-refractivity contribution is 4.82. The Morgan fingerprint density at radius 3 is 2.45 bits per heavy atom. The molecule has 1 heteroatoms. The van der Waals surface area contributed by atoms with Gasteiger partial charge in [-0.25, -0.2) is 0 Å². The van der Waals surface area contributed by atoms with E-state index in [0.29, 0.717) is 0 Å². The van der Waals surface area contributed by atoms with Crippen molar-refractivity contribution in [1.29, 1.82) is 0 Å². The lowest BCUT2D eigenvalue weighted by atomic mass is 10.1. The number of hydrogen-bond acceptors (Lipinski definition) is 1. The highest BCUT2D eigenvalue weighted by Crippen LogP contribution is 2.06. The molecule has 11 heavy (non-hydrogen) atoms. The quantitative estimate of drug-likeness (QED) is 0.551. The van der Waals surface area contributed by atoms with Crippen LogP contribution in [0.5, 0.6) is 0 Å². The summed E-state index contributed by atoms with van der Waals surface area (Å²) in [5.41, 5.74) is 0. The van der Waals surface area contributed by atoms with Gasteiger partial charge in [0.1, 0.15) is 0 Å². The summed E-state index contributed by atoms with van der Waals surface area (Å²) in [7, 11) is 4.25. The van der Waals surface area contributed by atoms with Gasteiger partial charge in [0.2, 0.25) is 0 Å². The molecule has 0 aliphatic heterocycles. The Kier molecular flexibility index (Phi) is 6.24. The topological polar surface area (TPSA) is 3.24 Å². The molecule has 1 atom stereocenters. The van der Waals surface area contributed by atoms with Crippen molar-refractivity contribution in [2.24, 2.45) is 5.92 Å². The maximum atomic E-state index is 2.27. The summed E-state index contributed by atoms with van der Waals surface area (Å²) in [6.45, 7) is 5.57. The van der Waals surface area contributed by atoms with E-state index in [1.165, 1.54) is 19.4 Å². The van der Waals surface area contributed by atoms with Gasteiger partial charge in [0.15, 0.2) is 0 Å². The molecule has 0 aliphatic rings. The molecule has 0 saturated heterocycles. The normalized spacial score (nSPS) is 14.6. The van der Waals surface area contributed by atoms with E-state index in [1.807, 2.05) is 0 Å². The molecule has 0 fully saturated rings. The van der Waals surface area contributed by atoms with Gasteiger partial charge in [-0.3, -0.25) is 0 Å². The molecule has 0 radical (unpaired) electrons. The van der Waals surface area contributed by atoms with Gasteiger partial charge in [-0.1, -0.05) is 19.1 Å². The molecule has 0 bridgehead atoms. The third kappa shape index (κ3) is 7.60. The minimum Gasteiger partial charge on any atom is -0.309 e. The van der Waals surface area contributed by atoms with Crippen molar-refractivity contribution in [3.63, 3.8) is 0 Å². The van der Waals surface area contributed by atoms with Crippen LogP contribution >= 0.6 is 0 Å². The standard InChI is InChI=1S/C10H21N/c1-5-7-10(2)8-6-9-11(3)4/h5,7,10H,6,8-9H2,1-4H3/b7-5+/t10-/m1/s1. The molecule has 0 spiro atoms. The van der Waals surface area contributed by atoms with Crippen LogP contribution in [0.4, 0.5) is 0 Å². The lowest BCUT2D eigenvalue weighted by molar-refractivity contribution is 0.384. The molecule has 0 rings (SSSR count). The van der Waals surface area contributed by atoms with Gasteiger partial charge >= 0.3 is 0 Å². The Morgan fingerprint density at radius 2 is 2.00 bits per heavy atom. The van der Waals surface area contributed by atoms with Crippen LogP contribution in [-0.2, 0) is 0 Å². The second-order valence-electron chi connectivity index (χ2n) is 3.45. The number of nitrogens with zero attached hydrogens (tertiary/aromatic N) is 1. The van der Waals surface area contributed by atoms with Gasteiger partial charge in [0, 0.05) is 0 Å². The maximum Gasteiger partial charge on any atom is -0.00246 e. The van der Waals surface area contributed by atoms with Gasteiger partial charge in [-0.05, 0) is 46.3 Å². The number of hydrogen-bond donors (Lipinski definition) is 0. The molecule has 0 N–H and O–H groups in total. The van der Waals surface area contributed by atoms with Crippen LogP contribution in [0.1, 0.15) is 26.7 Å². The van der Waals surface area contributed by atoms with Crippen molar-refractivity contribution < 1.29 is 0 Å². The van der Waals surface area contributed by atoms with Gasteiger partial charge in [-0.2, -0.15) is 0 Å². The predicted octanol–water partition coefficient (Wildman–Crippen LogP) is 2.54. The van der Waals surface area contributed by atoms with Crippen molar-refractivity contribution in [2.45, 2.75) is 26.7 Å².